The summed E-state index contributed by atoms with van der Waals surface area (Å²) < 4.78 is 10.8. The highest BCUT2D eigenvalue weighted by molar-refractivity contribution is 5.81. The zero-order chi connectivity index (χ0) is 36.4. The minimum atomic E-state index is -0.418. The van der Waals surface area contributed by atoms with Crippen molar-refractivity contribution in [2.75, 3.05) is 24.6 Å². The summed E-state index contributed by atoms with van der Waals surface area (Å²) in [6, 6.07) is 26.2. The van der Waals surface area contributed by atoms with Gasteiger partial charge in [0.05, 0.1) is 46.5 Å². The maximum Gasteiger partial charge on any atom is 0.330 e. The summed E-state index contributed by atoms with van der Waals surface area (Å²) in [5.74, 6) is 0.867. The number of anilines is 1. The molecule has 0 heterocycles. The summed E-state index contributed by atoms with van der Waals surface area (Å²) in [6.07, 6.45) is 6.75. The van der Waals surface area contributed by atoms with E-state index in [1.165, 1.54) is 0 Å². The summed E-state index contributed by atoms with van der Waals surface area (Å²) in [5, 5.41) is 26.5. The van der Waals surface area contributed by atoms with Crippen molar-refractivity contribution in [1.29, 1.82) is 0 Å². The number of hydrogen-bond acceptors (Lipinski definition) is 10. The number of esters is 1. The minimum Gasteiger partial charge on any atom is -0.463 e. The van der Waals surface area contributed by atoms with E-state index in [0.29, 0.717) is 59.4 Å². The first kappa shape index (κ1) is 37.5. The molecule has 260 valence electrons. The van der Waals surface area contributed by atoms with E-state index in [1.807, 2.05) is 72.8 Å². The van der Waals surface area contributed by atoms with Crippen molar-refractivity contribution in [3.63, 3.8) is 0 Å². The van der Waals surface area contributed by atoms with E-state index in [1.54, 1.807) is 12.2 Å². The van der Waals surface area contributed by atoms with Crippen LogP contribution in [0.25, 0.3) is 12.2 Å². The predicted octanol–water partition coefficient (Wildman–Crippen LogP) is 12.9. The van der Waals surface area contributed by atoms with E-state index in [4.69, 9.17) is 9.47 Å². The van der Waals surface area contributed by atoms with Crippen molar-refractivity contribution in [3.8, 4) is 5.75 Å². The lowest BCUT2D eigenvalue weighted by Gasteiger charge is -2.20. The molecule has 4 aromatic carbocycles. The van der Waals surface area contributed by atoms with Crippen molar-refractivity contribution in [3.05, 3.63) is 134 Å². The first-order chi connectivity index (χ1) is 24.9. The van der Waals surface area contributed by atoms with Gasteiger partial charge in [-0.3, -0.25) is 0 Å². The van der Waals surface area contributed by atoms with Gasteiger partial charge in [0.25, 0.3) is 0 Å². The first-order valence-corrected chi connectivity index (χ1v) is 16.7. The fraction of sp³-hybridized carbons (Fsp3) is 0.195. The van der Waals surface area contributed by atoms with Crippen LogP contribution in [0.15, 0.2) is 154 Å². The van der Waals surface area contributed by atoms with E-state index in [-0.39, 0.29) is 0 Å². The number of nitrogens with zero attached hydrogens (tertiary/aromatic N) is 7. The van der Waals surface area contributed by atoms with E-state index in [0.717, 1.165) is 48.1 Å². The van der Waals surface area contributed by atoms with Crippen molar-refractivity contribution < 1.29 is 14.3 Å². The molecule has 4 aromatic rings. The predicted molar refractivity (Wildman–Crippen MR) is 207 cm³/mol. The van der Waals surface area contributed by atoms with Crippen LogP contribution in [0.5, 0.6) is 5.75 Å². The highest BCUT2D eigenvalue weighted by atomic mass is 16.5. The van der Waals surface area contributed by atoms with Gasteiger partial charge < -0.3 is 14.4 Å². The molecular formula is C41H43N7O3. The standard InChI is InChI=1S/C41H43N7O3/c1-7-37-38(8-2)40(47-45-33-19-23-35(24-20-33)48(10-4)11-5)28-27-39(37)46-44-32-17-15-31(16-18-32)42-43-34-21-25-36(26-22-34)51-30(6)14-12-13-29-50-41(49)9-3/h7-9,15-28H,1-3,6,10-14,29H2,4-5H3. The Labute approximate surface area is 300 Å². The highest BCUT2D eigenvalue weighted by Crippen LogP contribution is 2.35. The van der Waals surface area contributed by atoms with Gasteiger partial charge in [0.1, 0.15) is 5.75 Å². The van der Waals surface area contributed by atoms with Gasteiger partial charge in [-0.15, -0.1) is 10.2 Å². The van der Waals surface area contributed by atoms with Gasteiger partial charge in [-0.05, 0) is 112 Å². The average Bonchev–Trinajstić information content (AvgIpc) is 3.16. The summed E-state index contributed by atoms with van der Waals surface area (Å²) in [5.41, 5.74) is 6.73. The third-order valence-electron chi connectivity index (χ3n) is 7.66. The van der Waals surface area contributed by atoms with E-state index >= 15 is 0 Å². The molecule has 0 amide bonds. The second-order valence-electron chi connectivity index (χ2n) is 11.1. The molecule has 0 spiro atoms. The molecule has 0 saturated heterocycles. The Bertz CT molecular complexity index is 1890. The Kier molecular flexibility index (Phi) is 14.5. The zero-order valence-corrected chi connectivity index (χ0v) is 29.2. The zero-order valence-electron chi connectivity index (χ0n) is 29.2. The maximum absolute atomic E-state index is 11.1. The molecule has 0 fully saturated rings. The maximum atomic E-state index is 11.1. The highest BCUT2D eigenvalue weighted by Gasteiger charge is 2.09. The largest absolute Gasteiger partial charge is 0.463 e. The average molecular weight is 682 g/mol. The number of azo groups is 3. The summed E-state index contributed by atoms with van der Waals surface area (Å²) >= 11 is 0. The van der Waals surface area contributed by atoms with E-state index < -0.39 is 5.97 Å². The monoisotopic (exact) mass is 681 g/mol. The Balaban J connectivity index is 1.33. The van der Waals surface area contributed by atoms with Crippen LogP contribution in [0.4, 0.5) is 39.8 Å². The van der Waals surface area contributed by atoms with Gasteiger partial charge in [0.2, 0.25) is 0 Å². The van der Waals surface area contributed by atoms with Crippen LogP contribution in [0.2, 0.25) is 0 Å². The fourth-order valence-corrected chi connectivity index (χ4v) is 4.91. The summed E-state index contributed by atoms with van der Waals surface area (Å²) in [4.78, 5) is 13.4. The molecule has 0 saturated carbocycles. The SMILES string of the molecule is C=CC(=O)OCCCCC(=C)Oc1ccc(N=Nc2ccc(N=Nc3ccc(N=Nc4ccc(N(CC)CC)cc4)c(C=C)c3C=C)cc2)cc1. The number of hydrogen-bond donors (Lipinski definition) is 0. The van der Waals surface area contributed by atoms with E-state index in [2.05, 4.69) is 87.9 Å². The van der Waals surface area contributed by atoms with Gasteiger partial charge in [-0.25, -0.2) is 4.79 Å². The van der Waals surface area contributed by atoms with Gasteiger partial charge in [-0.1, -0.05) is 38.5 Å². The lowest BCUT2D eigenvalue weighted by Crippen LogP contribution is -2.21. The molecule has 10 nitrogen and oxygen atoms in total. The molecule has 0 aliphatic carbocycles. The fourth-order valence-electron chi connectivity index (χ4n) is 4.91. The Morgan fingerprint density at radius 1 is 0.647 bits per heavy atom. The molecule has 0 radical (unpaired) electrons. The van der Waals surface area contributed by atoms with E-state index in [9.17, 15) is 4.79 Å². The summed E-state index contributed by atoms with van der Waals surface area (Å²) in [6.45, 7) is 21.8. The quantitative estimate of drug-likeness (QED) is 0.0322. The van der Waals surface area contributed by atoms with Crippen LogP contribution in [0.1, 0.15) is 44.2 Å². The second kappa shape index (κ2) is 19.6. The Hall–Kier alpha value is -6.29. The third kappa shape index (κ3) is 11.4. The van der Waals surface area contributed by atoms with Crippen molar-refractivity contribution in [2.45, 2.75) is 33.1 Å². The normalized spacial score (nSPS) is 11.2. The smallest absolute Gasteiger partial charge is 0.330 e. The molecular weight excluding hydrogens is 638 g/mol. The van der Waals surface area contributed by atoms with Gasteiger partial charge in [0, 0.05) is 42.4 Å². The van der Waals surface area contributed by atoms with Crippen LogP contribution in [0, 0.1) is 0 Å². The molecule has 0 bridgehead atoms. The first-order valence-electron chi connectivity index (χ1n) is 16.7. The van der Waals surface area contributed by atoms with Gasteiger partial charge in [-0.2, -0.15) is 20.5 Å². The van der Waals surface area contributed by atoms with Crippen molar-refractivity contribution in [2.24, 2.45) is 30.7 Å². The Morgan fingerprint density at radius 3 is 1.55 bits per heavy atom. The molecule has 0 aliphatic heterocycles. The van der Waals surface area contributed by atoms with Crippen LogP contribution < -0.4 is 9.64 Å². The van der Waals surface area contributed by atoms with Crippen LogP contribution >= 0.6 is 0 Å². The molecule has 0 aliphatic rings. The number of unbranched alkanes of at least 4 members (excludes halogenated alkanes) is 1. The van der Waals surface area contributed by atoms with Gasteiger partial charge in [0.15, 0.2) is 0 Å². The molecule has 4 rings (SSSR count). The number of ether oxygens (including phenoxy) is 2. The van der Waals surface area contributed by atoms with Crippen LogP contribution in [-0.4, -0.2) is 25.7 Å². The molecule has 10 heteroatoms. The minimum absolute atomic E-state index is 0.343. The van der Waals surface area contributed by atoms with Crippen molar-refractivity contribution >= 4 is 57.9 Å². The second-order valence-corrected chi connectivity index (χ2v) is 11.1. The number of carbonyl (C=O) groups excluding carboxylic acids is 1. The number of allylic oxidation sites excluding steroid dienone is 1. The van der Waals surface area contributed by atoms with Crippen LogP contribution in [-0.2, 0) is 9.53 Å². The van der Waals surface area contributed by atoms with Gasteiger partial charge >= 0.3 is 5.97 Å². The van der Waals surface area contributed by atoms with Crippen molar-refractivity contribution in [1.82, 2.24) is 0 Å². The number of rotatable bonds is 19. The Morgan fingerprint density at radius 2 is 1.10 bits per heavy atom. The summed E-state index contributed by atoms with van der Waals surface area (Å²) in [7, 11) is 0. The molecule has 0 unspecified atom stereocenters. The molecule has 51 heavy (non-hydrogen) atoms. The topological polar surface area (TPSA) is 113 Å². The van der Waals surface area contributed by atoms with Crippen LogP contribution in [0.3, 0.4) is 0 Å². The molecule has 0 N–H and O–H groups in total. The number of carbonyl (C=O) groups is 1. The lowest BCUT2D eigenvalue weighted by molar-refractivity contribution is -0.137. The number of benzene rings is 4. The lowest BCUT2D eigenvalue weighted by atomic mass is 10.0. The molecule has 0 atom stereocenters. The molecule has 0 aromatic heterocycles. The third-order valence-corrected chi connectivity index (χ3v) is 7.66.